The summed E-state index contributed by atoms with van der Waals surface area (Å²) in [5.41, 5.74) is 1.75. The lowest BCUT2D eigenvalue weighted by Gasteiger charge is -2.25. The van der Waals surface area contributed by atoms with Crippen LogP contribution in [-0.2, 0) is 25.9 Å². The van der Waals surface area contributed by atoms with E-state index >= 15 is 0 Å². The Morgan fingerprint density at radius 2 is 1.94 bits per heavy atom. The van der Waals surface area contributed by atoms with Crippen LogP contribution in [-0.4, -0.2) is 49.1 Å². The third kappa shape index (κ3) is 4.60. The van der Waals surface area contributed by atoms with Gasteiger partial charge in [-0.25, -0.2) is 22.3 Å². The number of anilines is 1. The van der Waals surface area contributed by atoms with E-state index in [9.17, 15) is 17.6 Å². The van der Waals surface area contributed by atoms with Crippen LogP contribution in [0, 0.1) is 12.7 Å². The van der Waals surface area contributed by atoms with Gasteiger partial charge >= 0.3 is 5.97 Å². The fourth-order valence-corrected chi connectivity index (χ4v) is 6.39. The molecule has 2 atom stereocenters. The van der Waals surface area contributed by atoms with Gasteiger partial charge in [-0.2, -0.15) is 5.10 Å². The minimum atomic E-state index is -3.94. The monoisotopic (exact) mass is 491 g/mol. The third-order valence-electron chi connectivity index (χ3n) is 5.73. The number of rotatable bonds is 6. The first-order chi connectivity index (χ1) is 15.7. The summed E-state index contributed by atoms with van der Waals surface area (Å²) in [5.74, 6) is -0.544. The van der Waals surface area contributed by atoms with E-state index in [2.05, 4.69) is 5.10 Å². The number of aromatic nitrogens is 2. The summed E-state index contributed by atoms with van der Waals surface area (Å²) in [6, 6.07) is 13.9. The van der Waals surface area contributed by atoms with E-state index < -0.39 is 32.9 Å². The van der Waals surface area contributed by atoms with Crippen LogP contribution in [0.3, 0.4) is 0 Å². The van der Waals surface area contributed by atoms with Gasteiger partial charge in [0.05, 0.1) is 34.5 Å². The molecule has 7 nitrogen and oxygen atoms in total. The molecule has 4 rings (SSSR count). The molecule has 1 saturated heterocycles. The summed E-state index contributed by atoms with van der Waals surface area (Å²) in [4.78, 5) is 14.2. The molecule has 0 saturated carbocycles. The number of hydrogen-bond donors (Lipinski definition) is 0. The van der Waals surface area contributed by atoms with E-state index in [1.807, 2.05) is 43.3 Å². The van der Waals surface area contributed by atoms with Crippen molar-refractivity contribution < 1.29 is 22.3 Å². The molecule has 174 valence electrons. The maximum absolute atomic E-state index is 13.5. The largest absolute Gasteiger partial charge is 0.467 e. The van der Waals surface area contributed by atoms with Gasteiger partial charge in [0.1, 0.15) is 17.7 Å². The van der Waals surface area contributed by atoms with Gasteiger partial charge in [-0.15, -0.1) is 0 Å². The van der Waals surface area contributed by atoms with E-state index in [1.54, 1.807) is 9.58 Å². The Labute approximate surface area is 196 Å². The third-order valence-corrected chi connectivity index (χ3v) is 8.34. The van der Waals surface area contributed by atoms with Crippen LogP contribution in [0.1, 0.15) is 17.7 Å². The first kappa shape index (κ1) is 23.3. The van der Waals surface area contributed by atoms with Gasteiger partial charge in [0.25, 0.3) is 0 Å². The minimum absolute atomic E-state index is 0.0122. The first-order valence-electron chi connectivity index (χ1n) is 10.3. The van der Waals surface area contributed by atoms with E-state index in [0.29, 0.717) is 12.4 Å². The Morgan fingerprint density at radius 3 is 2.61 bits per heavy atom. The van der Waals surface area contributed by atoms with E-state index in [4.69, 9.17) is 16.3 Å². The molecule has 3 aromatic rings. The van der Waals surface area contributed by atoms with Crippen molar-refractivity contribution in [1.29, 1.82) is 0 Å². The molecule has 33 heavy (non-hydrogen) atoms. The molecule has 1 aliphatic heterocycles. The van der Waals surface area contributed by atoms with Gasteiger partial charge in [0.2, 0.25) is 0 Å². The molecule has 2 aromatic carbocycles. The summed E-state index contributed by atoms with van der Waals surface area (Å²) in [6.07, 6.45) is 0.0122. The molecule has 0 radical (unpaired) electrons. The number of nitrogens with zero attached hydrogens (tertiary/aromatic N) is 3. The number of aryl methyl sites for hydroxylation is 1. The molecule has 0 amide bonds. The van der Waals surface area contributed by atoms with Crippen molar-refractivity contribution in [1.82, 2.24) is 9.78 Å². The second-order valence-electron chi connectivity index (χ2n) is 7.96. The normalized spacial score (nSPS) is 18.5. The highest BCUT2D eigenvalue weighted by Crippen LogP contribution is 2.35. The fraction of sp³-hybridized carbons (Fsp3) is 0.304. The fourth-order valence-electron chi connectivity index (χ4n) is 4.16. The number of hydrogen-bond acceptors (Lipinski definition) is 6. The highest BCUT2D eigenvalue weighted by Gasteiger charge is 2.45. The van der Waals surface area contributed by atoms with Crippen LogP contribution >= 0.6 is 11.6 Å². The maximum atomic E-state index is 13.5. The lowest BCUT2D eigenvalue weighted by Crippen LogP contribution is -2.38. The second-order valence-corrected chi connectivity index (χ2v) is 10.6. The van der Waals surface area contributed by atoms with Crippen LogP contribution in [0.5, 0.6) is 0 Å². The standard InChI is InChI=1S/C23H23ClFN3O4S/c1-15-10-22(28(26-15)13-16-6-4-3-5-7-16)27-14-18(12-20(27)23(29)32-2)33(30,31)21-9-8-17(25)11-19(21)24/h3-11,18,20H,12-14H2,1-2H3/t18-,20+/m1/s1. The van der Waals surface area contributed by atoms with Crippen LogP contribution in [0.4, 0.5) is 10.2 Å². The van der Waals surface area contributed by atoms with Crippen molar-refractivity contribution in [3.8, 4) is 0 Å². The van der Waals surface area contributed by atoms with Gasteiger partial charge in [0.15, 0.2) is 9.84 Å². The SMILES string of the molecule is COC(=O)[C@@H]1C[C@@H](S(=O)(=O)c2ccc(F)cc2Cl)CN1c1cc(C)nn1Cc1ccccc1. The van der Waals surface area contributed by atoms with Crippen molar-refractivity contribution in [3.63, 3.8) is 0 Å². The average molecular weight is 492 g/mol. The van der Waals surface area contributed by atoms with Crippen LogP contribution in [0.2, 0.25) is 5.02 Å². The molecule has 0 bridgehead atoms. The van der Waals surface area contributed by atoms with Crippen molar-refractivity contribution in [2.24, 2.45) is 0 Å². The number of methoxy groups -OCH3 is 1. The summed E-state index contributed by atoms with van der Waals surface area (Å²) in [6.45, 7) is 2.33. The average Bonchev–Trinajstić information content (AvgIpc) is 3.37. The van der Waals surface area contributed by atoms with Gasteiger partial charge in [-0.1, -0.05) is 41.9 Å². The predicted molar refractivity (Wildman–Crippen MR) is 123 cm³/mol. The molecule has 0 unspecified atom stereocenters. The molecular formula is C23H23ClFN3O4S. The number of halogens is 2. The smallest absolute Gasteiger partial charge is 0.328 e. The minimum Gasteiger partial charge on any atom is -0.467 e. The zero-order chi connectivity index (χ0) is 23.8. The first-order valence-corrected chi connectivity index (χ1v) is 12.2. The Hall–Kier alpha value is -2.91. The Balaban J connectivity index is 1.71. The highest BCUT2D eigenvalue weighted by molar-refractivity contribution is 7.92. The number of esters is 1. The number of carbonyl (C=O) groups excluding carboxylic acids is 1. The molecule has 1 aromatic heterocycles. The Kier molecular flexibility index (Phi) is 6.45. The molecule has 2 heterocycles. The van der Waals surface area contributed by atoms with Crippen molar-refractivity contribution in [3.05, 3.63) is 76.7 Å². The quantitative estimate of drug-likeness (QED) is 0.387. The number of carbonyl (C=O) groups is 1. The van der Waals surface area contributed by atoms with Gasteiger partial charge in [-0.3, -0.25) is 0 Å². The number of benzene rings is 2. The van der Waals surface area contributed by atoms with Crippen molar-refractivity contribution in [2.75, 3.05) is 18.6 Å². The molecule has 0 N–H and O–H groups in total. The topological polar surface area (TPSA) is 81.5 Å². The lowest BCUT2D eigenvalue weighted by atomic mass is 10.2. The van der Waals surface area contributed by atoms with Crippen LogP contribution in [0.25, 0.3) is 0 Å². The number of sulfone groups is 1. The van der Waals surface area contributed by atoms with Crippen molar-refractivity contribution >= 4 is 33.2 Å². The van der Waals surface area contributed by atoms with Crippen molar-refractivity contribution in [2.45, 2.75) is 36.1 Å². The zero-order valence-electron chi connectivity index (χ0n) is 18.1. The molecule has 0 aliphatic carbocycles. The van der Waals surface area contributed by atoms with Crippen LogP contribution in [0.15, 0.2) is 59.5 Å². The molecule has 0 spiro atoms. The zero-order valence-corrected chi connectivity index (χ0v) is 19.7. The lowest BCUT2D eigenvalue weighted by molar-refractivity contribution is -0.141. The summed E-state index contributed by atoms with van der Waals surface area (Å²) in [7, 11) is -2.67. The molecule has 1 fully saturated rings. The Bertz CT molecular complexity index is 1280. The van der Waals surface area contributed by atoms with Gasteiger partial charge in [-0.05, 0) is 37.1 Å². The Morgan fingerprint density at radius 1 is 1.21 bits per heavy atom. The molecule has 10 heteroatoms. The summed E-state index contributed by atoms with van der Waals surface area (Å²) in [5, 5.41) is 3.42. The van der Waals surface area contributed by atoms with E-state index in [0.717, 1.165) is 29.5 Å². The van der Waals surface area contributed by atoms with E-state index in [-0.39, 0.29) is 22.9 Å². The molecular weight excluding hydrogens is 469 g/mol. The van der Waals surface area contributed by atoms with Gasteiger partial charge < -0.3 is 9.64 Å². The highest BCUT2D eigenvalue weighted by atomic mass is 35.5. The summed E-state index contributed by atoms with van der Waals surface area (Å²) >= 11 is 6.05. The van der Waals surface area contributed by atoms with E-state index in [1.165, 1.54) is 7.11 Å². The predicted octanol–water partition coefficient (Wildman–Crippen LogP) is 3.63. The summed E-state index contributed by atoms with van der Waals surface area (Å²) < 4.78 is 47.0. The second kappa shape index (κ2) is 9.15. The van der Waals surface area contributed by atoms with Crippen LogP contribution < -0.4 is 4.90 Å². The number of ether oxygens (including phenoxy) is 1. The van der Waals surface area contributed by atoms with Gasteiger partial charge in [0, 0.05) is 12.6 Å². The molecule has 1 aliphatic rings. The maximum Gasteiger partial charge on any atom is 0.328 e.